The molecule has 2 nitrogen and oxygen atoms in total. The van der Waals surface area contributed by atoms with Crippen LogP contribution in [0.4, 0.5) is 34.1 Å². The van der Waals surface area contributed by atoms with Crippen LogP contribution < -0.4 is 9.80 Å². The van der Waals surface area contributed by atoms with E-state index in [0.29, 0.717) is 11.1 Å². The number of rotatable bonds is 10. The van der Waals surface area contributed by atoms with Crippen molar-refractivity contribution in [1.29, 1.82) is 0 Å². The first kappa shape index (κ1) is 30.0. The second-order valence-corrected chi connectivity index (χ2v) is 13.5. The van der Waals surface area contributed by atoms with Crippen molar-refractivity contribution in [2.45, 2.75) is 0 Å². The van der Waals surface area contributed by atoms with Crippen molar-refractivity contribution in [3.05, 3.63) is 243 Å². The van der Waals surface area contributed by atoms with Gasteiger partial charge in [0.1, 0.15) is 0 Å². The van der Waals surface area contributed by atoms with Crippen LogP contribution >= 0.6 is 0 Å². The Bertz CT molecular complexity index is 2780. The molecule has 2 heteroatoms. The van der Waals surface area contributed by atoms with Gasteiger partial charge < -0.3 is 9.80 Å². The number of para-hydroxylation sites is 3. The summed E-state index contributed by atoms with van der Waals surface area (Å²) in [7, 11) is 0. The van der Waals surface area contributed by atoms with Crippen LogP contribution in [-0.4, -0.2) is 0 Å². The van der Waals surface area contributed by atoms with Crippen molar-refractivity contribution in [1.82, 2.24) is 0 Å². The third-order valence-corrected chi connectivity index (χ3v) is 9.95. The van der Waals surface area contributed by atoms with Crippen LogP contribution in [-0.2, 0) is 0 Å². The van der Waals surface area contributed by atoms with E-state index in [1.165, 1.54) is 11.1 Å². The molecule has 9 rings (SSSR count). The number of hydrogen-bond donors (Lipinski definition) is 0. The van der Waals surface area contributed by atoms with Gasteiger partial charge >= 0.3 is 0 Å². The maximum Gasteiger partial charge on any atom is 0.0629 e. The van der Waals surface area contributed by atoms with Crippen molar-refractivity contribution in [2.75, 3.05) is 9.80 Å². The minimum Gasteiger partial charge on any atom is -0.311 e. The van der Waals surface area contributed by atoms with Crippen molar-refractivity contribution in [3.63, 3.8) is 0 Å². The molecule has 0 heterocycles. The third-order valence-electron chi connectivity index (χ3n) is 9.95. The largest absolute Gasteiger partial charge is 0.311 e. The topological polar surface area (TPSA) is 6.48 Å². The van der Waals surface area contributed by atoms with Crippen LogP contribution in [0.25, 0.3) is 44.5 Å². The van der Waals surface area contributed by atoms with Gasteiger partial charge in [-0.15, -0.1) is 0 Å². The van der Waals surface area contributed by atoms with E-state index in [1.54, 1.807) is 0 Å². The first-order chi connectivity index (χ1) is 29.4. The van der Waals surface area contributed by atoms with E-state index in [-0.39, 0.29) is 35.3 Å². The second kappa shape index (κ2) is 15.9. The fourth-order valence-electron chi connectivity index (χ4n) is 7.07. The van der Waals surface area contributed by atoms with E-state index in [4.69, 9.17) is 5.48 Å². The normalized spacial score (nSPS) is 11.9. The molecule has 0 radical (unpaired) electrons. The van der Waals surface area contributed by atoms with Gasteiger partial charge in [0.25, 0.3) is 0 Å². The SMILES string of the molecule is [2H]c1c([2H])c(-c2ccc(N(c3ccccc3)c3ccc(-c4ccc(-c5ccccc5)cc4)cc3)cc2)c([2H])c([2H])c1-c1ccc(N(c2ccccc2)c2ccccc2)cc1. The molecule has 9 aromatic rings. The lowest BCUT2D eigenvalue weighted by atomic mass is 9.99. The van der Waals surface area contributed by atoms with Gasteiger partial charge in [0, 0.05) is 34.1 Å². The lowest BCUT2D eigenvalue weighted by molar-refractivity contribution is 1.28. The van der Waals surface area contributed by atoms with Crippen molar-refractivity contribution >= 4 is 34.1 Å². The molecule has 0 bridgehead atoms. The third kappa shape index (κ3) is 7.37. The van der Waals surface area contributed by atoms with Crippen LogP contribution in [0.2, 0.25) is 0 Å². The highest BCUT2D eigenvalue weighted by molar-refractivity contribution is 5.82. The molecule has 0 aromatic heterocycles. The predicted molar refractivity (Wildman–Crippen MR) is 238 cm³/mol. The van der Waals surface area contributed by atoms with Gasteiger partial charge in [-0.3, -0.25) is 0 Å². The van der Waals surface area contributed by atoms with Crippen molar-refractivity contribution < 1.29 is 5.48 Å². The van der Waals surface area contributed by atoms with Crippen LogP contribution in [0.15, 0.2) is 243 Å². The zero-order valence-corrected chi connectivity index (χ0v) is 30.7. The van der Waals surface area contributed by atoms with Gasteiger partial charge in [-0.05, 0) is 117 Å². The van der Waals surface area contributed by atoms with Gasteiger partial charge in [0.05, 0.1) is 5.48 Å². The summed E-state index contributed by atoms with van der Waals surface area (Å²) in [6.45, 7) is 0. The van der Waals surface area contributed by atoms with Crippen LogP contribution in [0, 0.1) is 0 Å². The fraction of sp³-hybridized carbons (Fsp3) is 0. The smallest absolute Gasteiger partial charge is 0.0629 e. The maximum atomic E-state index is 9.14. The molecule has 0 fully saturated rings. The highest BCUT2D eigenvalue weighted by atomic mass is 15.1. The van der Waals surface area contributed by atoms with Gasteiger partial charge in [-0.1, -0.05) is 170 Å². The van der Waals surface area contributed by atoms with E-state index in [1.807, 2.05) is 109 Å². The van der Waals surface area contributed by atoms with Gasteiger partial charge in [-0.25, -0.2) is 0 Å². The fourth-order valence-corrected chi connectivity index (χ4v) is 7.07. The summed E-state index contributed by atoms with van der Waals surface area (Å²) in [5.74, 6) is 0. The van der Waals surface area contributed by atoms with E-state index in [2.05, 4.69) is 119 Å². The second-order valence-electron chi connectivity index (χ2n) is 13.5. The molecule has 0 aliphatic carbocycles. The van der Waals surface area contributed by atoms with E-state index in [9.17, 15) is 0 Å². The lowest BCUT2D eigenvalue weighted by Gasteiger charge is -2.26. The van der Waals surface area contributed by atoms with Crippen LogP contribution in [0.1, 0.15) is 5.48 Å². The molecule has 0 atom stereocenters. The maximum absolute atomic E-state index is 9.14. The number of anilines is 6. The Morgan fingerprint density at radius 3 is 0.679 bits per heavy atom. The summed E-state index contributed by atoms with van der Waals surface area (Å²) in [4.78, 5) is 4.32. The zero-order valence-electron chi connectivity index (χ0n) is 34.7. The highest BCUT2D eigenvalue weighted by Crippen LogP contribution is 2.38. The molecule has 0 saturated carbocycles. The van der Waals surface area contributed by atoms with Crippen LogP contribution in [0.5, 0.6) is 0 Å². The van der Waals surface area contributed by atoms with Crippen LogP contribution in [0.3, 0.4) is 0 Å². The van der Waals surface area contributed by atoms with Crippen molar-refractivity contribution in [3.8, 4) is 44.5 Å². The molecule has 0 N–H and O–H groups in total. The Balaban J connectivity index is 1.01. The molecule has 9 aromatic carbocycles. The van der Waals surface area contributed by atoms with E-state index < -0.39 is 0 Å². The molecule has 56 heavy (non-hydrogen) atoms. The molecule has 0 aliphatic heterocycles. The molecule has 0 saturated heterocycles. The summed E-state index contributed by atoms with van der Waals surface area (Å²) < 4.78 is 36.5. The average Bonchev–Trinajstić information content (AvgIpc) is 3.31. The minimum atomic E-state index is -0.0784. The summed E-state index contributed by atoms with van der Waals surface area (Å²) in [6.07, 6.45) is 0. The quantitative estimate of drug-likeness (QED) is 0.139. The van der Waals surface area contributed by atoms with E-state index in [0.717, 1.165) is 45.3 Å². The highest BCUT2D eigenvalue weighted by Gasteiger charge is 2.14. The summed E-state index contributed by atoms with van der Waals surface area (Å²) in [5, 5.41) is 0. The Hall–Kier alpha value is -7.42. The molecule has 0 unspecified atom stereocenters. The molecule has 0 amide bonds. The summed E-state index contributed by atoms with van der Waals surface area (Å²) in [6, 6.07) is 73.0. The average molecular weight is 721 g/mol. The monoisotopic (exact) mass is 720 g/mol. The van der Waals surface area contributed by atoms with Gasteiger partial charge in [-0.2, -0.15) is 0 Å². The lowest BCUT2D eigenvalue weighted by Crippen LogP contribution is -2.09. The zero-order chi connectivity index (χ0) is 41.0. The molecular weight excluding hydrogens is 677 g/mol. The minimum absolute atomic E-state index is 0.0773. The summed E-state index contributed by atoms with van der Waals surface area (Å²) >= 11 is 0. The Kier molecular flexibility index (Phi) is 8.51. The number of nitrogens with zero attached hydrogens (tertiary/aromatic N) is 2. The Morgan fingerprint density at radius 1 is 0.196 bits per heavy atom. The molecule has 0 spiro atoms. The molecular formula is C54H40N2. The first-order valence-electron chi connectivity index (χ1n) is 20.8. The molecule has 0 aliphatic rings. The van der Waals surface area contributed by atoms with Crippen molar-refractivity contribution in [2.24, 2.45) is 0 Å². The Morgan fingerprint density at radius 2 is 0.393 bits per heavy atom. The number of hydrogen-bond acceptors (Lipinski definition) is 2. The number of benzene rings is 9. The van der Waals surface area contributed by atoms with E-state index >= 15 is 0 Å². The predicted octanol–water partition coefficient (Wildman–Crippen LogP) is 15.3. The van der Waals surface area contributed by atoms with Gasteiger partial charge in [0.2, 0.25) is 0 Å². The standard InChI is InChI=1S/C54H40N2/c1-5-13-41(14-6-1)42-21-23-43(24-22-42)47-31-37-53(38-32-47)56(51-19-11-4-12-20-51)54-39-33-48(34-40-54)45-27-25-44(26-28-45)46-29-35-52(36-30-46)55(49-15-7-2-8-16-49)50-17-9-3-10-18-50/h1-40H/i25D,26D,27D,28D. The first-order valence-corrected chi connectivity index (χ1v) is 18.8. The Labute approximate surface area is 335 Å². The molecule has 266 valence electrons. The summed E-state index contributed by atoms with van der Waals surface area (Å²) in [5.41, 5.74) is 12.2. The van der Waals surface area contributed by atoms with Gasteiger partial charge in [0.15, 0.2) is 0 Å².